The molecule has 0 heterocycles. The van der Waals surface area contributed by atoms with Crippen LogP contribution < -0.4 is 4.89 Å². The summed E-state index contributed by atoms with van der Waals surface area (Å²) in [5, 5.41) is 0. The lowest BCUT2D eigenvalue weighted by Crippen LogP contribution is -2.49. The van der Waals surface area contributed by atoms with Gasteiger partial charge in [-0.25, -0.2) is 0 Å². The van der Waals surface area contributed by atoms with Crippen LogP contribution in [-0.2, 0) is 4.57 Å². The van der Waals surface area contributed by atoms with Crippen LogP contribution in [0.1, 0.15) is 73.1 Å². The minimum atomic E-state index is -3.93. The normalized spacial score (nSPS) is 14.2. The molecule has 0 fully saturated rings. The smallest absolute Gasteiger partial charge is 0.132 e. The summed E-state index contributed by atoms with van der Waals surface area (Å²) in [6.45, 7) is 16.6. The number of hydrogen-bond donors (Lipinski definition) is 1. The van der Waals surface area contributed by atoms with Crippen LogP contribution in [0.4, 0.5) is 0 Å². The number of unbranched alkanes of at least 4 members (excludes halogenated alkanes) is 3. The summed E-state index contributed by atoms with van der Waals surface area (Å²) in [6, 6.07) is 0. The number of quaternary nitrogens is 1. The van der Waals surface area contributed by atoms with Crippen molar-refractivity contribution in [1.29, 1.82) is 0 Å². The number of nitrogens with zero attached hydrogens (tertiary/aromatic N) is 1. The van der Waals surface area contributed by atoms with Crippen molar-refractivity contribution in [3.8, 4) is 0 Å². The van der Waals surface area contributed by atoms with E-state index in [0.29, 0.717) is 6.42 Å². The van der Waals surface area contributed by atoms with Crippen LogP contribution in [0, 0.1) is 0 Å². The summed E-state index contributed by atoms with van der Waals surface area (Å²) in [4.78, 5) is 18.1. The predicted molar refractivity (Wildman–Crippen MR) is 90.5 cm³/mol. The molecule has 21 heavy (non-hydrogen) atoms. The highest BCUT2D eigenvalue weighted by Gasteiger charge is 2.20. The summed E-state index contributed by atoms with van der Waals surface area (Å²) < 4.78 is 11.3. The van der Waals surface area contributed by atoms with Gasteiger partial charge in [-0.05, 0) is 33.1 Å². The molecule has 0 aromatic rings. The van der Waals surface area contributed by atoms with Crippen molar-refractivity contribution >= 4 is 7.60 Å². The molecule has 4 nitrogen and oxygen atoms in total. The van der Waals surface area contributed by atoms with Crippen LogP contribution in [0.15, 0.2) is 0 Å². The second kappa shape index (κ2) is 13.8. The van der Waals surface area contributed by atoms with E-state index in [2.05, 4.69) is 27.7 Å². The van der Waals surface area contributed by atoms with Crippen LogP contribution in [0.5, 0.6) is 0 Å². The highest BCUT2D eigenvalue weighted by molar-refractivity contribution is 7.50. The molecular weight excluding hydrogens is 285 g/mol. The molecule has 0 aliphatic heterocycles. The largest absolute Gasteiger partial charge is 0.779 e. The third-order valence-corrected chi connectivity index (χ3v) is 4.99. The predicted octanol–water partition coefficient (Wildman–Crippen LogP) is 3.78. The Hall–Kier alpha value is 0.110. The van der Waals surface area contributed by atoms with Crippen molar-refractivity contribution in [3.63, 3.8) is 0 Å². The van der Waals surface area contributed by atoms with Crippen molar-refractivity contribution < 1.29 is 18.8 Å². The maximum Gasteiger partial charge on any atom is 0.132 e. The van der Waals surface area contributed by atoms with Gasteiger partial charge in [-0.1, -0.05) is 40.0 Å². The Bertz CT molecular complexity index is 252. The summed E-state index contributed by atoms with van der Waals surface area (Å²) in [6.07, 6.45) is 6.74. The second-order valence-corrected chi connectivity index (χ2v) is 7.57. The van der Waals surface area contributed by atoms with Crippen LogP contribution in [0.3, 0.4) is 0 Å². The third-order valence-electron chi connectivity index (χ3n) is 4.11. The van der Waals surface area contributed by atoms with Crippen molar-refractivity contribution in [1.82, 2.24) is 0 Å². The first-order valence-corrected chi connectivity index (χ1v) is 10.4. The average Bonchev–Trinajstić information content (AvgIpc) is 2.46. The minimum Gasteiger partial charge on any atom is -0.779 e. The molecule has 1 atom stereocenters. The zero-order valence-corrected chi connectivity index (χ0v) is 15.8. The first-order valence-electron chi connectivity index (χ1n) is 8.68. The van der Waals surface area contributed by atoms with Gasteiger partial charge in [0.25, 0.3) is 0 Å². The maximum absolute atomic E-state index is 9.97. The SMILES string of the molecule is CCCCP(=O)([O-])O.CCCC[N+](CC)(CC)CCCC. The van der Waals surface area contributed by atoms with Crippen LogP contribution >= 0.6 is 7.60 Å². The van der Waals surface area contributed by atoms with Crippen molar-refractivity contribution in [2.24, 2.45) is 0 Å². The molecular formula is C16H38NO3P. The molecule has 5 heteroatoms. The van der Waals surface area contributed by atoms with Crippen molar-refractivity contribution in [2.75, 3.05) is 32.3 Å². The second-order valence-electron chi connectivity index (χ2n) is 5.84. The average molecular weight is 323 g/mol. The van der Waals surface area contributed by atoms with E-state index in [9.17, 15) is 9.46 Å². The number of rotatable bonds is 11. The first-order chi connectivity index (χ1) is 9.80. The molecule has 0 radical (unpaired) electrons. The Balaban J connectivity index is 0. The lowest BCUT2D eigenvalue weighted by Gasteiger charge is -2.37. The fourth-order valence-electron chi connectivity index (χ4n) is 2.31. The third kappa shape index (κ3) is 14.8. The van der Waals surface area contributed by atoms with Gasteiger partial charge in [-0.15, -0.1) is 0 Å². The van der Waals surface area contributed by atoms with E-state index in [1.54, 1.807) is 0 Å². The molecule has 0 aromatic carbocycles. The molecule has 0 saturated heterocycles. The Morgan fingerprint density at radius 3 is 1.43 bits per heavy atom. The summed E-state index contributed by atoms with van der Waals surface area (Å²) >= 11 is 0. The topological polar surface area (TPSA) is 60.4 Å². The van der Waals surface area contributed by atoms with Crippen molar-refractivity contribution in [3.05, 3.63) is 0 Å². The van der Waals surface area contributed by atoms with Gasteiger partial charge in [-0.3, -0.25) is 0 Å². The lowest BCUT2D eigenvalue weighted by atomic mass is 10.2. The molecule has 0 rings (SSSR count). The minimum absolute atomic E-state index is 0.0799. The Labute approximate surface area is 132 Å². The molecule has 0 aliphatic carbocycles. The van der Waals surface area contributed by atoms with E-state index in [-0.39, 0.29) is 6.16 Å². The molecule has 0 amide bonds. The Morgan fingerprint density at radius 2 is 1.24 bits per heavy atom. The van der Waals surface area contributed by atoms with Crippen molar-refractivity contribution in [2.45, 2.75) is 73.1 Å². The monoisotopic (exact) mass is 323 g/mol. The van der Waals surface area contributed by atoms with Gasteiger partial charge in [0.15, 0.2) is 0 Å². The van der Waals surface area contributed by atoms with Gasteiger partial charge in [0.05, 0.1) is 26.2 Å². The Morgan fingerprint density at radius 1 is 0.857 bits per heavy atom. The van der Waals surface area contributed by atoms with Gasteiger partial charge in [0.2, 0.25) is 0 Å². The quantitative estimate of drug-likeness (QED) is 0.465. The fourth-order valence-corrected chi connectivity index (χ4v) is 3.03. The molecule has 0 aromatic heterocycles. The Kier molecular flexibility index (Phi) is 15.3. The van der Waals surface area contributed by atoms with Crippen LogP contribution in [-0.4, -0.2) is 41.7 Å². The number of hydrogen-bond acceptors (Lipinski definition) is 2. The zero-order valence-electron chi connectivity index (χ0n) is 14.9. The zero-order chi connectivity index (χ0) is 16.8. The molecule has 0 saturated carbocycles. The summed E-state index contributed by atoms with van der Waals surface area (Å²) in [5.74, 6) is 0. The molecule has 1 N–H and O–H groups in total. The fraction of sp³-hybridized carbons (Fsp3) is 1.00. The van der Waals surface area contributed by atoms with Gasteiger partial charge >= 0.3 is 0 Å². The first kappa shape index (κ1) is 23.4. The molecule has 0 aliphatic rings. The molecule has 130 valence electrons. The van der Waals surface area contributed by atoms with E-state index in [1.165, 1.54) is 56.3 Å². The van der Waals surface area contributed by atoms with Gasteiger partial charge < -0.3 is 18.8 Å². The van der Waals surface area contributed by atoms with E-state index in [1.807, 2.05) is 6.92 Å². The van der Waals surface area contributed by atoms with E-state index < -0.39 is 7.60 Å². The van der Waals surface area contributed by atoms with Gasteiger partial charge in [0.1, 0.15) is 7.60 Å². The van der Waals surface area contributed by atoms with E-state index in [4.69, 9.17) is 4.89 Å². The van der Waals surface area contributed by atoms with Gasteiger partial charge in [0, 0.05) is 6.16 Å². The molecule has 1 unspecified atom stereocenters. The highest BCUT2D eigenvalue weighted by atomic mass is 31.2. The molecule has 0 bridgehead atoms. The standard InChI is InChI=1S/C12H28N.C4H11O3P/c1-5-9-11-13(7-3,8-4)12-10-6-2;1-2-3-4-8(5,6)7/h5-12H2,1-4H3;2-4H2,1H3,(H2,5,6,7)/q+1;/p-1. The molecule has 0 spiro atoms. The lowest BCUT2D eigenvalue weighted by molar-refractivity contribution is -0.925. The van der Waals surface area contributed by atoms with Crippen LogP contribution in [0.25, 0.3) is 0 Å². The summed E-state index contributed by atoms with van der Waals surface area (Å²) in [5.41, 5.74) is 0. The van der Waals surface area contributed by atoms with Crippen LogP contribution in [0.2, 0.25) is 0 Å². The highest BCUT2D eigenvalue weighted by Crippen LogP contribution is 2.29. The summed E-state index contributed by atoms with van der Waals surface area (Å²) in [7, 11) is -3.93. The van der Waals surface area contributed by atoms with Gasteiger partial charge in [-0.2, -0.15) is 0 Å². The maximum atomic E-state index is 9.97. The van der Waals surface area contributed by atoms with E-state index >= 15 is 0 Å². The van der Waals surface area contributed by atoms with E-state index in [0.717, 1.165) is 6.42 Å².